The highest BCUT2D eigenvalue weighted by Gasteiger charge is 2.33. The van der Waals surface area contributed by atoms with Crippen molar-refractivity contribution in [3.05, 3.63) is 53.6 Å². The molecule has 1 atom stereocenters. The van der Waals surface area contributed by atoms with E-state index in [2.05, 4.69) is 5.32 Å². The van der Waals surface area contributed by atoms with E-state index in [0.29, 0.717) is 11.4 Å². The average molecular weight is 381 g/mol. The van der Waals surface area contributed by atoms with Gasteiger partial charge < -0.3 is 20.7 Å². The van der Waals surface area contributed by atoms with Gasteiger partial charge >= 0.3 is 0 Å². The van der Waals surface area contributed by atoms with Crippen molar-refractivity contribution in [3.8, 4) is 5.75 Å². The summed E-state index contributed by atoms with van der Waals surface area (Å²) in [6.45, 7) is 4.16. The number of aryl methyl sites for hydroxylation is 2. The summed E-state index contributed by atoms with van der Waals surface area (Å²) in [6, 6.07) is 12.5. The molecule has 1 aliphatic rings. The molecular formula is C21H23N3O4. The minimum atomic E-state index is -0.467. The molecule has 1 fully saturated rings. The molecule has 0 saturated carbocycles. The van der Waals surface area contributed by atoms with E-state index in [4.69, 9.17) is 10.5 Å². The molecule has 3 amide bonds. The van der Waals surface area contributed by atoms with E-state index in [1.165, 1.54) is 4.90 Å². The molecule has 28 heavy (non-hydrogen) atoms. The number of nitrogens with zero attached hydrogens (tertiary/aromatic N) is 1. The van der Waals surface area contributed by atoms with Crippen LogP contribution in [0.25, 0.3) is 0 Å². The van der Waals surface area contributed by atoms with E-state index in [1.807, 2.05) is 32.0 Å². The number of hydrogen-bond donors (Lipinski definition) is 2. The first-order valence-corrected chi connectivity index (χ1v) is 9.03. The Balaban J connectivity index is 1.54. The summed E-state index contributed by atoms with van der Waals surface area (Å²) in [5, 5.41) is 2.80. The Morgan fingerprint density at radius 3 is 2.46 bits per heavy atom. The highest BCUT2D eigenvalue weighted by atomic mass is 16.5. The molecule has 1 aliphatic heterocycles. The molecule has 0 aliphatic carbocycles. The summed E-state index contributed by atoms with van der Waals surface area (Å²) >= 11 is 0. The summed E-state index contributed by atoms with van der Waals surface area (Å²) in [7, 11) is 0. The number of hydrogen-bond acceptors (Lipinski definition) is 4. The second-order valence-corrected chi connectivity index (χ2v) is 6.94. The number of primary amides is 1. The van der Waals surface area contributed by atoms with E-state index >= 15 is 0 Å². The Morgan fingerprint density at radius 1 is 1.14 bits per heavy atom. The zero-order chi connectivity index (χ0) is 20.3. The quantitative estimate of drug-likeness (QED) is 0.800. The molecule has 3 N–H and O–H groups in total. The van der Waals surface area contributed by atoms with Crippen LogP contribution >= 0.6 is 0 Å². The Morgan fingerprint density at radius 2 is 1.86 bits per heavy atom. The molecule has 1 unspecified atom stereocenters. The van der Waals surface area contributed by atoms with Gasteiger partial charge in [-0.3, -0.25) is 14.4 Å². The molecule has 7 heteroatoms. The Labute approximate surface area is 163 Å². The standard InChI is InChI=1S/C21H23N3O4/c1-13-3-4-16(9-14(13)2)23-19(25)12-28-18-7-5-17(6-8-18)24-11-15(21(22)27)10-20(24)26/h3-9,15H,10-12H2,1-2H3,(H2,22,27)(H,23,25). The summed E-state index contributed by atoms with van der Waals surface area (Å²) in [5.74, 6) is -0.809. The molecule has 0 radical (unpaired) electrons. The number of nitrogens with one attached hydrogen (secondary N) is 1. The number of rotatable bonds is 6. The zero-order valence-electron chi connectivity index (χ0n) is 15.9. The second kappa shape index (κ2) is 8.12. The molecule has 0 aromatic heterocycles. The predicted octanol–water partition coefficient (Wildman–Crippen LogP) is 2.16. The van der Waals surface area contributed by atoms with Gasteiger partial charge in [0.05, 0.1) is 5.92 Å². The number of carbonyl (C=O) groups excluding carboxylic acids is 3. The van der Waals surface area contributed by atoms with E-state index in [-0.39, 0.29) is 31.4 Å². The molecule has 7 nitrogen and oxygen atoms in total. The van der Waals surface area contributed by atoms with Gasteiger partial charge in [-0.1, -0.05) is 6.07 Å². The van der Waals surface area contributed by atoms with Gasteiger partial charge in [-0.25, -0.2) is 0 Å². The van der Waals surface area contributed by atoms with Crippen LogP contribution in [0.4, 0.5) is 11.4 Å². The van der Waals surface area contributed by atoms with Crippen molar-refractivity contribution < 1.29 is 19.1 Å². The van der Waals surface area contributed by atoms with E-state index in [0.717, 1.165) is 16.8 Å². The topological polar surface area (TPSA) is 102 Å². The van der Waals surface area contributed by atoms with Crippen LogP contribution in [0.2, 0.25) is 0 Å². The van der Waals surface area contributed by atoms with Crippen molar-refractivity contribution in [2.75, 3.05) is 23.4 Å². The fourth-order valence-electron chi connectivity index (χ4n) is 3.04. The smallest absolute Gasteiger partial charge is 0.262 e. The minimum Gasteiger partial charge on any atom is -0.484 e. The first-order valence-electron chi connectivity index (χ1n) is 9.03. The van der Waals surface area contributed by atoms with Gasteiger partial charge in [0.15, 0.2) is 6.61 Å². The number of carbonyl (C=O) groups is 3. The SMILES string of the molecule is Cc1ccc(NC(=O)COc2ccc(N3CC(C(N)=O)CC3=O)cc2)cc1C. The molecule has 0 bridgehead atoms. The van der Waals surface area contributed by atoms with Crippen molar-refractivity contribution in [2.24, 2.45) is 11.7 Å². The van der Waals surface area contributed by atoms with Crippen molar-refractivity contribution in [3.63, 3.8) is 0 Å². The highest BCUT2D eigenvalue weighted by molar-refractivity contribution is 6.00. The third kappa shape index (κ3) is 4.49. The number of ether oxygens (including phenoxy) is 1. The molecular weight excluding hydrogens is 358 g/mol. The fourth-order valence-corrected chi connectivity index (χ4v) is 3.04. The molecule has 3 rings (SSSR count). The third-order valence-electron chi connectivity index (χ3n) is 4.84. The predicted molar refractivity (Wildman–Crippen MR) is 106 cm³/mol. The van der Waals surface area contributed by atoms with Gasteiger partial charge in [-0.2, -0.15) is 0 Å². The Hall–Kier alpha value is -3.35. The van der Waals surface area contributed by atoms with Gasteiger partial charge in [-0.15, -0.1) is 0 Å². The lowest BCUT2D eigenvalue weighted by atomic mass is 10.1. The highest BCUT2D eigenvalue weighted by Crippen LogP contribution is 2.26. The van der Waals surface area contributed by atoms with Crippen molar-refractivity contribution in [1.82, 2.24) is 0 Å². The molecule has 146 valence electrons. The molecule has 2 aromatic carbocycles. The maximum atomic E-state index is 12.1. The lowest BCUT2D eigenvalue weighted by molar-refractivity contribution is -0.123. The number of anilines is 2. The average Bonchev–Trinajstić information content (AvgIpc) is 3.06. The van der Waals surface area contributed by atoms with Gasteiger partial charge in [0, 0.05) is 24.3 Å². The van der Waals surface area contributed by atoms with Crippen LogP contribution in [0, 0.1) is 19.8 Å². The van der Waals surface area contributed by atoms with Gasteiger partial charge in [0.1, 0.15) is 5.75 Å². The van der Waals surface area contributed by atoms with E-state index in [1.54, 1.807) is 24.3 Å². The molecule has 2 aromatic rings. The minimum absolute atomic E-state index is 0.126. The normalized spacial score (nSPS) is 16.1. The first-order chi connectivity index (χ1) is 13.3. The second-order valence-electron chi connectivity index (χ2n) is 6.94. The van der Waals surface area contributed by atoms with Crippen LogP contribution in [0.15, 0.2) is 42.5 Å². The first kappa shape index (κ1) is 19.4. The van der Waals surface area contributed by atoms with Gasteiger partial charge in [0.25, 0.3) is 5.91 Å². The number of amides is 3. The van der Waals surface area contributed by atoms with E-state index in [9.17, 15) is 14.4 Å². The van der Waals surface area contributed by atoms with Crippen molar-refractivity contribution >= 4 is 29.1 Å². The lowest BCUT2D eigenvalue weighted by Gasteiger charge is -2.16. The number of nitrogens with two attached hydrogens (primary N) is 1. The summed E-state index contributed by atoms with van der Waals surface area (Å²) < 4.78 is 5.51. The summed E-state index contributed by atoms with van der Waals surface area (Å²) in [6.07, 6.45) is 0.131. The number of benzene rings is 2. The Kier molecular flexibility index (Phi) is 5.63. The van der Waals surface area contributed by atoms with Crippen molar-refractivity contribution in [2.45, 2.75) is 20.3 Å². The third-order valence-corrected chi connectivity index (χ3v) is 4.84. The largest absolute Gasteiger partial charge is 0.484 e. The monoisotopic (exact) mass is 381 g/mol. The lowest BCUT2D eigenvalue weighted by Crippen LogP contribution is -2.28. The zero-order valence-corrected chi connectivity index (χ0v) is 15.9. The Bertz CT molecular complexity index is 908. The summed E-state index contributed by atoms with van der Waals surface area (Å²) in [4.78, 5) is 36.9. The van der Waals surface area contributed by atoms with Gasteiger partial charge in [-0.05, 0) is 61.4 Å². The van der Waals surface area contributed by atoms with Crippen LogP contribution in [0.1, 0.15) is 17.5 Å². The summed E-state index contributed by atoms with van der Waals surface area (Å²) in [5.41, 5.74) is 8.94. The van der Waals surface area contributed by atoms with E-state index < -0.39 is 11.8 Å². The van der Waals surface area contributed by atoms with Crippen LogP contribution in [0.5, 0.6) is 5.75 Å². The maximum absolute atomic E-state index is 12.1. The van der Waals surface area contributed by atoms with Crippen LogP contribution in [-0.4, -0.2) is 30.9 Å². The van der Waals surface area contributed by atoms with Crippen molar-refractivity contribution in [1.29, 1.82) is 0 Å². The molecule has 1 saturated heterocycles. The molecule has 1 heterocycles. The molecule has 0 spiro atoms. The van der Waals surface area contributed by atoms with Gasteiger partial charge in [0.2, 0.25) is 11.8 Å². The maximum Gasteiger partial charge on any atom is 0.262 e. The van der Waals surface area contributed by atoms with Crippen LogP contribution in [-0.2, 0) is 14.4 Å². The fraction of sp³-hybridized carbons (Fsp3) is 0.286. The van der Waals surface area contributed by atoms with Crippen LogP contribution in [0.3, 0.4) is 0 Å². The van der Waals surface area contributed by atoms with Crippen LogP contribution < -0.4 is 20.7 Å².